The molecule has 1 N–H and O–H groups in total. The molecule has 7 heteroatoms. The number of nitrogens with one attached hydrogen (secondary N) is 1. The molecular formula is C21H19N5O2. The van der Waals surface area contributed by atoms with E-state index in [4.69, 9.17) is 4.74 Å². The molecule has 0 unspecified atom stereocenters. The molecule has 4 rings (SSSR count). The summed E-state index contributed by atoms with van der Waals surface area (Å²) in [4.78, 5) is 13.0. The van der Waals surface area contributed by atoms with E-state index in [1.807, 2.05) is 67.6 Å². The molecular weight excluding hydrogens is 354 g/mol. The van der Waals surface area contributed by atoms with Gasteiger partial charge in [-0.1, -0.05) is 36.4 Å². The summed E-state index contributed by atoms with van der Waals surface area (Å²) < 4.78 is 8.67. The van der Waals surface area contributed by atoms with Crippen molar-refractivity contribution in [2.45, 2.75) is 6.92 Å². The summed E-state index contributed by atoms with van der Waals surface area (Å²) in [6.07, 6.45) is 3.40. The molecule has 1 amide bonds. The number of carbonyl (C=O) groups excluding carboxylic acids is 1. The zero-order valence-electron chi connectivity index (χ0n) is 15.5. The Kier molecular flexibility index (Phi) is 4.63. The normalized spacial score (nSPS) is 10.6. The highest BCUT2D eigenvalue weighted by Crippen LogP contribution is 2.23. The van der Waals surface area contributed by atoms with Gasteiger partial charge >= 0.3 is 0 Å². The van der Waals surface area contributed by atoms with Crippen LogP contribution in [-0.4, -0.2) is 32.6 Å². The fourth-order valence-electron chi connectivity index (χ4n) is 2.89. The summed E-state index contributed by atoms with van der Waals surface area (Å²) in [7, 11) is 1.52. The number of aryl methyl sites for hydroxylation is 1. The van der Waals surface area contributed by atoms with Gasteiger partial charge in [0, 0.05) is 5.56 Å². The van der Waals surface area contributed by atoms with E-state index < -0.39 is 0 Å². The second kappa shape index (κ2) is 7.40. The Labute approximate surface area is 162 Å². The first-order valence-electron chi connectivity index (χ1n) is 8.78. The number of para-hydroxylation sites is 2. The minimum Gasteiger partial charge on any atom is -0.493 e. The molecule has 0 spiro atoms. The minimum atomic E-state index is -0.368. The average molecular weight is 373 g/mol. The maximum Gasteiger partial charge on any atom is 0.281 e. The van der Waals surface area contributed by atoms with Crippen molar-refractivity contribution in [3.05, 3.63) is 84.3 Å². The summed E-state index contributed by atoms with van der Waals surface area (Å²) >= 11 is 0. The molecule has 0 bridgehead atoms. The Bertz CT molecular complexity index is 1100. The van der Waals surface area contributed by atoms with Crippen molar-refractivity contribution in [3.63, 3.8) is 0 Å². The highest BCUT2D eigenvalue weighted by atomic mass is 16.5. The molecule has 0 saturated heterocycles. The lowest BCUT2D eigenvalue weighted by Gasteiger charge is -2.09. The van der Waals surface area contributed by atoms with Crippen molar-refractivity contribution in [1.82, 2.24) is 19.6 Å². The van der Waals surface area contributed by atoms with E-state index in [2.05, 4.69) is 15.5 Å². The van der Waals surface area contributed by atoms with Crippen LogP contribution in [0.2, 0.25) is 0 Å². The first-order chi connectivity index (χ1) is 13.7. The highest BCUT2D eigenvalue weighted by molar-refractivity contribution is 6.04. The third-order valence-electron chi connectivity index (χ3n) is 4.32. The topological polar surface area (TPSA) is 74.0 Å². The summed E-state index contributed by atoms with van der Waals surface area (Å²) in [6, 6.07) is 19.2. The van der Waals surface area contributed by atoms with Crippen molar-refractivity contribution in [1.29, 1.82) is 0 Å². The Morgan fingerprint density at radius 2 is 1.64 bits per heavy atom. The number of hydrogen-bond donors (Lipinski definition) is 1. The number of nitrogens with zero attached hydrogens (tertiary/aromatic N) is 4. The fraction of sp³-hybridized carbons (Fsp3) is 0.0952. The molecule has 0 fully saturated rings. The maximum absolute atomic E-state index is 13.0. The predicted octanol–water partition coefficient (Wildman–Crippen LogP) is 3.63. The van der Waals surface area contributed by atoms with Crippen LogP contribution in [0, 0.1) is 6.92 Å². The van der Waals surface area contributed by atoms with Gasteiger partial charge in [0.1, 0.15) is 5.82 Å². The third kappa shape index (κ3) is 3.25. The van der Waals surface area contributed by atoms with Gasteiger partial charge in [-0.25, -0.2) is 9.36 Å². The van der Waals surface area contributed by atoms with Crippen LogP contribution in [0.3, 0.4) is 0 Å². The highest BCUT2D eigenvalue weighted by Gasteiger charge is 2.21. The summed E-state index contributed by atoms with van der Waals surface area (Å²) in [5, 5.41) is 11.7. The standard InChI is InChI=1S/C21H19N5O2/c1-15-13-22-26(17-11-7-4-8-12-17)20(15)23-21(27)19-18(28-2)14-25(24-19)16-9-5-3-6-10-16/h3-14H,1-2H3,(H,23,27). The Morgan fingerprint density at radius 1 is 1.00 bits per heavy atom. The lowest BCUT2D eigenvalue weighted by Crippen LogP contribution is -2.17. The number of aromatic nitrogens is 4. The smallest absolute Gasteiger partial charge is 0.281 e. The van der Waals surface area contributed by atoms with Crippen LogP contribution < -0.4 is 10.1 Å². The van der Waals surface area contributed by atoms with Gasteiger partial charge in [0.05, 0.1) is 30.9 Å². The van der Waals surface area contributed by atoms with Gasteiger partial charge in [-0.05, 0) is 31.2 Å². The maximum atomic E-state index is 13.0. The Hall–Kier alpha value is -3.87. The number of rotatable bonds is 5. The monoisotopic (exact) mass is 373 g/mol. The number of carbonyl (C=O) groups is 1. The molecule has 28 heavy (non-hydrogen) atoms. The average Bonchev–Trinajstić information content (AvgIpc) is 3.33. The number of benzene rings is 2. The molecule has 0 aliphatic rings. The van der Waals surface area contributed by atoms with E-state index in [1.165, 1.54) is 7.11 Å². The van der Waals surface area contributed by atoms with Crippen molar-refractivity contribution in [3.8, 4) is 17.1 Å². The van der Waals surface area contributed by atoms with Crippen molar-refractivity contribution >= 4 is 11.7 Å². The molecule has 0 atom stereocenters. The first-order valence-corrected chi connectivity index (χ1v) is 8.78. The predicted molar refractivity (Wildman–Crippen MR) is 106 cm³/mol. The van der Waals surface area contributed by atoms with Crippen molar-refractivity contribution in [2.24, 2.45) is 0 Å². The van der Waals surface area contributed by atoms with E-state index in [1.54, 1.807) is 21.8 Å². The minimum absolute atomic E-state index is 0.201. The largest absolute Gasteiger partial charge is 0.493 e. The Balaban J connectivity index is 1.67. The lowest BCUT2D eigenvalue weighted by atomic mass is 10.3. The SMILES string of the molecule is COc1cn(-c2ccccc2)nc1C(=O)Nc1c(C)cnn1-c1ccccc1. The number of anilines is 1. The van der Waals surface area contributed by atoms with Crippen LogP contribution in [0.25, 0.3) is 11.4 Å². The van der Waals surface area contributed by atoms with Crippen molar-refractivity contribution in [2.75, 3.05) is 12.4 Å². The molecule has 4 aromatic rings. The van der Waals surface area contributed by atoms with Gasteiger partial charge in [0.15, 0.2) is 11.4 Å². The number of hydrogen-bond acceptors (Lipinski definition) is 4. The second-order valence-electron chi connectivity index (χ2n) is 6.20. The molecule has 0 aliphatic carbocycles. The molecule has 140 valence electrons. The molecule has 7 nitrogen and oxygen atoms in total. The van der Waals surface area contributed by atoms with Gasteiger partial charge in [0.2, 0.25) is 0 Å². The van der Waals surface area contributed by atoms with Crippen LogP contribution >= 0.6 is 0 Å². The quantitative estimate of drug-likeness (QED) is 0.580. The third-order valence-corrected chi connectivity index (χ3v) is 4.32. The van der Waals surface area contributed by atoms with E-state index in [-0.39, 0.29) is 11.6 Å². The van der Waals surface area contributed by atoms with Crippen LogP contribution in [0.15, 0.2) is 73.1 Å². The van der Waals surface area contributed by atoms with Gasteiger partial charge < -0.3 is 10.1 Å². The van der Waals surface area contributed by atoms with Crippen LogP contribution in [-0.2, 0) is 0 Å². The zero-order valence-corrected chi connectivity index (χ0v) is 15.5. The summed E-state index contributed by atoms with van der Waals surface area (Å²) in [6.45, 7) is 1.89. The number of methoxy groups -OCH3 is 1. The first kappa shape index (κ1) is 17.5. The van der Waals surface area contributed by atoms with Gasteiger partial charge in [0.25, 0.3) is 5.91 Å². The second-order valence-corrected chi connectivity index (χ2v) is 6.20. The lowest BCUT2D eigenvalue weighted by molar-refractivity contribution is 0.101. The summed E-state index contributed by atoms with van der Waals surface area (Å²) in [5.41, 5.74) is 2.74. The van der Waals surface area contributed by atoms with Crippen LogP contribution in [0.1, 0.15) is 16.1 Å². The van der Waals surface area contributed by atoms with Crippen LogP contribution in [0.5, 0.6) is 5.75 Å². The van der Waals surface area contributed by atoms with Gasteiger partial charge in [-0.2, -0.15) is 10.2 Å². The number of ether oxygens (including phenoxy) is 1. The fourth-order valence-corrected chi connectivity index (χ4v) is 2.89. The Morgan fingerprint density at radius 3 is 2.29 bits per heavy atom. The van der Waals surface area contributed by atoms with Crippen LogP contribution in [0.4, 0.5) is 5.82 Å². The zero-order chi connectivity index (χ0) is 19.5. The van der Waals surface area contributed by atoms with E-state index in [0.29, 0.717) is 11.6 Å². The van der Waals surface area contributed by atoms with Gasteiger partial charge in [-0.3, -0.25) is 4.79 Å². The molecule has 0 aliphatic heterocycles. The molecule has 2 aromatic carbocycles. The van der Waals surface area contributed by atoms with E-state index in [0.717, 1.165) is 16.9 Å². The molecule has 2 aromatic heterocycles. The molecule has 0 radical (unpaired) electrons. The van der Waals surface area contributed by atoms with Gasteiger partial charge in [-0.15, -0.1) is 0 Å². The van der Waals surface area contributed by atoms with E-state index >= 15 is 0 Å². The number of amides is 1. The molecule has 0 saturated carbocycles. The van der Waals surface area contributed by atoms with E-state index in [9.17, 15) is 4.79 Å². The van der Waals surface area contributed by atoms with Crippen molar-refractivity contribution < 1.29 is 9.53 Å². The summed E-state index contributed by atoms with van der Waals surface area (Å²) in [5.74, 6) is 0.615. The molecule has 2 heterocycles.